The van der Waals surface area contributed by atoms with Gasteiger partial charge in [-0.1, -0.05) is 18.2 Å². The summed E-state index contributed by atoms with van der Waals surface area (Å²) in [7, 11) is 0. The van der Waals surface area contributed by atoms with Crippen LogP contribution >= 0.6 is 11.8 Å². The van der Waals surface area contributed by atoms with E-state index in [0.717, 1.165) is 30.5 Å². The highest BCUT2D eigenvalue weighted by Gasteiger charge is 2.14. The first-order valence-corrected chi connectivity index (χ1v) is 9.09. The third kappa shape index (κ3) is 4.17. The molecule has 0 aliphatic heterocycles. The molecule has 2 aromatic carbocycles. The number of benzene rings is 2. The van der Waals surface area contributed by atoms with Crippen LogP contribution in [0, 0.1) is 0 Å². The summed E-state index contributed by atoms with van der Waals surface area (Å²) in [5, 5.41) is 11.6. The van der Waals surface area contributed by atoms with E-state index < -0.39 is 5.97 Å². The number of hydrogen-bond acceptors (Lipinski definition) is 3. The number of nitrogens with one attached hydrogen (secondary N) is 1. The van der Waals surface area contributed by atoms with Crippen molar-refractivity contribution >= 4 is 29.3 Å². The van der Waals surface area contributed by atoms with Crippen LogP contribution in [-0.2, 0) is 23.4 Å². The van der Waals surface area contributed by atoms with Gasteiger partial charge in [0.15, 0.2) is 0 Å². The number of carboxylic acids is 1. The van der Waals surface area contributed by atoms with Gasteiger partial charge in [0.25, 0.3) is 5.91 Å². The quantitative estimate of drug-likeness (QED) is 0.840. The molecule has 2 aromatic rings. The molecule has 5 heteroatoms. The lowest BCUT2D eigenvalue weighted by molar-refractivity contribution is -0.133. The smallest absolute Gasteiger partial charge is 0.313 e. The predicted octanol–water partition coefficient (Wildman–Crippen LogP) is 3.75. The summed E-state index contributed by atoms with van der Waals surface area (Å²) in [6.07, 6.45) is 3.32. The van der Waals surface area contributed by atoms with Gasteiger partial charge in [0.05, 0.1) is 5.75 Å². The van der Waals surface area contributed by atoms with E-state index in [1.54, 1.807) is 0 Å². The lowest BCUT2D eigenvalue weighted by atomic mass is 10.1. The number of amides is 1. The molecule has 24 heavy (non-hydrogen) atoms. The minimum Gasteiger partial charge on any atom is -0.481 e. The number of aliphatic carboxylic acids is 1. The molecule has 0 atom stereocenters. The number of hydrogen-bond donors (Lipinski definition) is 2. The number of thioether (sulfide) groups is 1. The number of anilines is 1. The molecule has 0 fully saturated rings. The largest absolute Gasteiger partial charge is 0.481 e. The van der Waals surface area contributed by atoms with Crippen LogP contribution in [0.5, 0.6) is 0 Å². The highest BCUT2D eigenvalue weighted by Crippen LogP contribution is 2.23. The molecule has 0 radical (unpaired) electrons. The van der Waals surface area contributed by atoms with Crippen molar-refractivity contribution in [3.63, 3.8) is 0 Å². The van der Waals surface area contributed by atoms with Crippen molar-refractivity contribution in [2.75, 3.05) is 11.1 Å². The van der Waals surface area contributed by atoms with Crippen LogP contribution in [0.3, 0.4) is 0 Å². The van der Waals surface area contributed by atoms with E-state index in [9.17, 15) is 9.59 Å². The van der Waals surface area contributed by atoms with Crippen LogP contribution in [-0.4, -0.2) is 22.7 Å². The van der Waals surface area contributed by atoms with Crippen LogP contribution < -0.4 is 5.32 Å². The summed E-state index contributed by atoms with van der Waals surface area (Å²) >= 11 is 1.34. The maximum atomic E-state index is 12.4. The summed E-state index contributed by atoms with van der Waals surface area (Å²) < 4.78 is 0. The normalized spacial score (nSPS) is 12.7. The van der Waals surface area contributed by atoms with Crippen LogP contribution in [0.2, 0.25) is 0 Å². The topological polar surface area (TPSA) is 66.4 Å². The lowest BCUT2D eigenvalue weighted by Gasteiger charge is -2.09. The van der Waals surface area contributed by atoms with E-state index in [2.05, 4.69) is 11.4 Å². The summed E-state index contributed by atoms with van der Waals surface area (Å²) in [5.41, 5.74) is 5.04. The van der Waals surface area contributed by atoms with Gasteiger partial charge in [-0.15, -0.1) is 11.8 Å². The average molecular weight is 341 g/mol. The molecule has 4 nitrogen and oxygen atoms in total. The molecule has 0 unspecified atom stereocenters. The second-order valence-electron chi connectivity index (χ2n) is 5.88. The molecule has 2 N–H and O–H groups in total. The number of fused-ring (bicyclic) bond motifs is 1. The zero-order chi connectivity index (χ0) is 16.9. The molecule has 0 saturated heterocycles. The van der Waals surface area contributed by atoms with Gasteiger partial charge in [-0.25, -0.2) is 0 Å². The van der Waals surface area contributed by atoms with Gasteiger partial charge in [-0.3, -0.25) is 9.59 Å². The predicted molar refractivity (Wildman–Crippen MR) is 96.7 cm³/mol. The van der Waals surface area contributed by atoms with Gasteiger partial charge in [0.1, 0.15) is 0 Å². The number of aryl methyl sites for hydroxylation is 2. The van der Waals surface area contributed by atoms with E-state index >= 15 is 0 Å². The second-order valence-corrected chi connectivity index (χ2v) is 6.86. The standard InChI is InChI=1S/C19H19NO3S/c21-18(22)12-24-11-13-3-1-6-17(9-13)20-19(23)16-8-7-14-4-2-5-15(14)10-16/h1,3,6-10H,2,4-5,11-12H2,(H,20,23)(H,21,22). The van der Waals surface area contributed by atoms with Crippen molar-refractivity contribution < 1.29 is 14.7 Å². The van der Waals surface area contributed by atoms with E-state index in [1.807, 2.05) is 36.4 Å². The molecule has 0 bridgehead atoms. The Kier molecular flexibility index (Phi) is 5.20. The number of carbonyl (C=O) groups excluding carboxylic acids is 1. The summed E-state index contributed by atoms with van der Waals surface area (Å²) in [4.78, 5) is 23.0. The third-order valence-electron chi connectivity index (χ3n) is 4.04. The van der Waals surface area contributed by atoms with Crippen molar-refractivity contribution in [1.82, 2.24) is 0 Å². The molecule has 0 saturated carbocycles. The first kappa shape index (κ1) is 16.6. The van der Waals surface area contributed by atoms with Crippen LogP contribution in [0.4, 0.5) is 5.69 Å². The fraction of sp³-hybridized carbons (Fsp3) is 0.263. The number of rotatable bonds is 6. The van der Waals surface area contributed by atoms with Gasteiger partial charge in [0.2, 0.25) is 0 Å². The Morgan fingerprint density at radius 2 is 1.92 bits per heavy atom. The van der Waals surface area contributed by atoms with Gasteiger partial charge in [-0.2, -0.15) is 0 Å². The highest BCUT2D eigenvalue weighted by atomic mass is 32.2. The highest BCUT2D eigenvalue weighted by molar-refractivity contribution is 7.99. The maximum absolute atomic E-state index is 12.4. The average Bonchev–Trinajstić information content (AvgIpc) is 3.02. The maximum Gasteiger partial charge on any atom is 0.313 e. The lowest BCUT2D eigenvalue weighted by Crippen LogP contribution is -2.12. The van der Waals surface area contributed by atoms with Crippen molar-refractivity contribution in [1.29, 1.82) is 0 Å². The Hall–Kier alpha value is -2.27. The van der Waals surface area contributed by atoms with Crippen molar-refractivity contribution in [2.24, 2.45) is 0 Å². The van der Waals surface area contributed by atoms with Gasteiger partial charge >= 0.3 is 5.97 Å². The van der Waals surface area contributed by atoms with Crippen LogP contribution in [0.25, 0.3) is 0 Å². The molecule has 0 aromatic heterocycles. The summed E-state index contributed by atoms with van der Waals surface area (Å²) in [6.45, 7) is 0. The first-order chi connectivity index (χ1) is 11.6. The Bertz CT molecular complexity index is 773. The van der Waals surface area contributed by atoms with E-state index in [4.69, 9.17) is 5.11 Å². The van der Waals surface area contributed by atoms with Crippen LogP contribution in [0.15, 0.2) is 42.5 Å². The number of carbonyl (C=O) groups is 2. The van der Waals surface area contributed by atoms with E-state index in [-0.39, 0.29) is 11.7 Å². The molecule has 0 heterocycles. The SMILES string of the molecule is O=C(O)CSCc1cccc(NC(=O)c2ccc3c(c2)CCC3)c1. The minimum atomic E-state index is -0.818. The summed E-state index contributed by atoms with van der Waals surface area (Å²) in [5.74, 6) is -0.248. The Labute approximate surface area is 145 Å². The zero-order valence-electron chi connectivity index (χ0n) is 13.2. The van der Waals surface area contributed by atoms with Gasteiger partial charge in [-0.05, 0) is 60.2 Å². The van der Waals surface area contributed by atoms with E-state index in [1.165, 1.54) is 22.9 Å². The van der Waals surface area contributed by atoms with Crippen molar-refractivity contribution in [3.05, 3.63) is 64.7 Å². The fourth-order valence-corrected chi connectivity index (χ4v) is 3.60. The molecule has 3 rings (SSSR count). The van der Waals surface area contributed by atoms with Crippen molar-refractivity contribution in [3.8, 4) is 0 Å². The molecular formula is C19H19NO3S. The second kappa shape index (κ2) is 7.53. The molecule has 1 aliphatic carbocycles. The monoisotopic (exact) mass is 341 g/mol. The fourth-order valence-electron chi connectivity index (χ4n) is 2.91. The molecule has 124 valence electrons. The molecule has 1 amide bonds. The first-order valence-electron chi connectivity index (χ1n) is 7.93. The van der Waals surface area contributed by atoms with Crippen molar-refractivity contribution in [2.45, 2.75) is 25.0 Å². The van der Waals surface area contributed by atoms with Gasteiger partial charge < -0.3 is 10.4 Å². The van der Waals surface area contributed by atoms with Crippen LogP contribution in [0.1, 0.15) is 33.5 Å². The Balaban J connectivity index is 1.65. The third-order valence-corrected chi connectivity index (χ3v) is 5.03. The van der Waals surface area contributed by atoms with Gasteiger partial charge in [0, 0.05) is 17.0 Å². The molecule has 1 aliphatic rings. The van der Waals surface area contributed by atoms with E-state index in [0.29, 0.717) is 11.3 Å². The molecular weight excluding hydrogens is 322 g/mol. The Morgan fingerprint density at radius 3 is 2.75 bits per heavy atom. The molecule has 0 spiro atoms. The zero-order valence-corrected chi connectivity index (χ0v) is 14.1. The number of carboxylic acid groups (broad SMARTS) is 1. The minimum absolute atomic E-state index is 0.0751. The summed E-state index contributed by atoms with van der Waals surface area (Å²) in [6, 6.07) is 13.5. The Morgan fingerprint density at radius 1 is 1.08 bits per heavy atom.